The van der Waals surface area contributed by atoms with Crippen LogP contribution < -0.4 is 4.90 Å². The zero-order valence-corrected chi connectivity index (χ0v) is 20.1. The van der Waals surface area contributed by atoms with Gasteiger partial charge in [-0.25, -0.2) is 0 Å². The van der Waals surface area contributed by atoms with Crippen molar-refractivity contribution in [3.8, 4) is 0 Å². The fourth-order valence-electron chi connectivity index (χ4n) is 5.14. The molecule has 0 bridgehead atoms. The summed E-state index contributed by atoms with van der Waals surface area (Å²) in [4.78, 5) is 17.3. The molecule has 5 rings (SSSR count). The highest BCUT2D eigenvalue weighted by atomic mass is 35.5. The fraction of sp³-hybridized carbons (Fsp3) is 0.276. The minimum atomic E-state index is -0.788. The lowest BCUT2D eigenvalue weighted by Gasteiger charge is -2.38. The molecule has 1 fully saturated rings. The van der Waals surface area contributed by atoms with Crippen LogP contribution in [0.5, 0.6) is 0 Å². The van der Waals surface area contributed by atoms with Gasteiger partial charge >= 0.3 is 0 Å². The lowest BCUT2D eigenvalue weighted by atomic mass is 9.84. The van der Waals surface area contributed by atoms with Crippen molar-refractivity contribution in [3.05, 3.63) is 106 Å². The Kier molecular flexibility index (Phi) is 6.30. The molecule has 2 aliphatic heterocycles. The largest absolute Gasteiger partial charge is 0.385 e. The zero-order chi connectivity index (χ0) is 23.7. The molecule has 0 aromatic heterocycles. The van der Waals surface area contributed by atoms with Gasteiger partial charge in [-0.3, -0.25) is 4.79 Å². The minimum absolute atomic E-state index is 0.0176. The van der Waals surface area contributed by atoms with Crippen LogP contribution in [0.3, 0.4) is 0 Å². The average Bonchev–Trinajstić information content (AvgIpc) is 2.95. The van der Waals surface area contributed by atoms with E-state index in [2.05, 4.69) is 17.0 Å². The molecular weight excluding hydrogens is 444 g/mol. The van der Waals surface area contributed by atoms with Crippen LogP contribution in [0.4, 0.5) is 5.69 Å². The van der Waals surface area contributed by atoms with Crippen molar-refractivity contribution in [2.45, 2.75) is 24.9 Å². The second kappa shape index (κ2) is 9.38. The van der Waals surface area contributed by atoms with E-state index in [1.807, 2.05) is 73.8 Å². The number of anilines is 1. The van der Waals surface area contributed by atoms with Gasteiger partial charge in [0, 0.05) is 42.8 Å². The molecule has 0 unspecified atom stereocenters. The first-order valence-electron chi connectivity index (χ1n) is 11.8. The van der Waals surface area contributed by atoms with Crippen molar-refractivity contribution in [2.75, 3.05) is 31.6 Å². The molecule has 3 aromatic carbocycles. The first kappa shape index (κ1) is 22.9. The predicted octanol–water partition coefficient (Wildman–Crippen LogP) is 5.74. The number of likely N-dealkylation sites (tertiary alicyclic amines) is 1. The summed E-state index contributed by atoms with van der Waals surface area (Å²) in [5, 5.41) is 11.8. The van der Waals surface area contributed by atoms with E-state index in [0.717, 1.165) is 59.6 Å². The van der Waals surface area contributed by atoms with Crippen LogP contribution in [0.1, 0.15) is 46.3 Å². The zero-order valence-electron chi connectivity index (χ0n) is 19.4. The van der Waals surface area contributed by atoms with Crippen molar-refractivity contribution < 1.29 is 9.90 Å². The Morgan fingerprint density at radius 2 is 1.53 bits per heavy atom. The molecule has 2 aliphatic rings. The fourth-order valence-corrected chi connectivity index (χ4v) is 5.27. The number of benzene rings is 3. The van der Waals surface area contributed by atoms with E-state index in [1.165, 1.54) is 0 Å². The number of hydrogen-bond donors (Lipinski definition) is 1. The van der Waals surface area contributed by atoms with Crippen LogP contribution in [0.25, 0.3) is 5.57 Å². The van der Waals surface area contributed by atoms with Crippen LogP contribution >= 0.6 is 11.6 Å². The standard InChI is InChI=1S/C29H29ClN2O2/c1-31-27-11-5-4-8-25(27)23(24-7-2-3-9-26(24)28(31)33)10-6-18-32-19-16-29(34,17-20-32)21-12-14-22(30)15-13-21/h2-5,7-15,34H,6,16-20H2,1H3. The van der Waals surface area contributed by atoms with Crippen LogP contribution in [-0.4, -0.2) is 42.6 Å². The van der Waals surface area contributed by atoms with Gasteiger partial charge in [-0.1, -0.05) is 66.2 Å². The summed E-state index contributed by atoms with van der Waals surface area (Å²) < 4.78 is 0. The van der Waals surface area contributed by atoms with E-state index >= 15 is 0 Å². The van der Waals surface area contributed by atoms with Gasteiger partial charge in [0.25, 0.3) is 5.91 Å². The summed E-state index contributed by atoms with van der Waals surface area (Å²) >= 11 is 6.01. The van der Waals surface area contributed by atoms with Crippen LogP contribution in [0.15, 0.2) is 78.9 Å². The van der Waals surface area contributed by atoms with Crippen LogP contribution in [0.2, 0.25) is 5.02 Å². The van der Waals surface area contributed by atoms with Gasteiger partial charge in [-0.2, -0.15) is 0 Å². The third-order valence-electron chi connectivity index (χ3n) is 7.17. The molecule has 5 heteroatoms. The number of amides is 1. The molecule has 4 nitrogen and oxygen atoms in total. The van der Waals surface area contributed by atoms with Gasteiger partial charge in [-0.15, -0.1) is 0 Å². The molecule has 174 valence electrons. The molecule has 0 saturated carbocycles. The highest BCUT2D eigenvalue weighted by Gasteiger charge is 2.33. The lowest BCUT2D eigenvalue weighted by molar-refractivity contribution is -0.0254. The Morgan fingerprint density at radius 1 is 0.912 bits per heavy atom. The van der Waals surface area contributed by atoms with Crippen molar-refractivity contribution in [2.24, 2.45) is 0 Å². The van der Waals surface area contributed by atoms with Gasteiger partial charge in [0.15, 0.2) is 0 Å². The first-order chi connectivity index (χ1) is 16.5. The van der Waals surface area contributed by atoms with E-state index in [-0.39, 0.29) is 5.91 Å². The smallest absolute Gasteiger partial charge is 0.258 e. The summed E-state index contributed by atoms with van der Waals surface area (Å²) in [6.45, 7) is 2.60. The summed E-state index contributed by atoms with van der Waals surface area (Å²) in [6, 6.07) is 23.5. The summed E-state index contributed by atoms with van der Waals surface area (Å²) in [5.41, 5.74) is 5.00. The monoisotopic (exact) mass is 472 g/mol. The maximum atomic E-state index is 13.1. The Hall–Kier alpha value is -2.92. The highest BCUT2D eigenvalue weighted by Crippen LogP contribution is 2.38. The molecule has 0 radical (unpaired) electrons. The van der Waals surface area contributed by atoms with Gasteiger partial charge in [-0.05, 0) is 60.2 Å². The third-order valence-corrected chi connectivity index (χ3v) is 7.42. The number of carbonyl (C=O) groups is 1. The molecule has 3 aromatic rings. The van der Waals surface area contributed by atoms with Crippen molar-refractivity contribution in [1.29, 1.82) is 0 Å². The van der Waals surface area contributed by atoms with Crippen LogP contribution in [-0.2, 0) is 5.60 Å². The van der Waals surface area contributed by atoms with Crippen LogP contribution in [0, 0.1) is 0 Å². The van der Waals surface area contributed by atoms with E-state index in [4.69, 9.17) is 11.6 Å². The number of halogens is 1. The average molecular weight is 473 g/mol. The van der Waals surface area contributed by atoms with E-state index in [0.29, 0.717) is 17.9 Å². The molecular formula is C29H29ClN2O2. The second-order valence-electron chi connectivity index (χ2n) is 9.21. The number of carbonyl (C=O) groups excluding carboxylic acids is 1. The Labute approximate surface area is 206 Å². The van der Waals surface area contributed by atoms with E-state index < -0.39 is 5.60 Å². The van der Waals surface area contributed by atoms with E-state index in [9.17, 15) is 9.90 Å². The molecule has 0 aliphatic carbocycles. The quantitative estimate of drug-likeness (QED) is 0.527. The SMILES string of the molecule is CN1C(=O)c2ccccc2C(=CCCN2CCC(O)(c3ccc(Cl)cc3)CC2)c2ccccc21. The number of nitrogens with zero attached hydrogens (tertiary/aromatic N) is 2. The maximum absolute atomic E-state index is 13.1. The van der Waals surface area contributed by atoms with Crippen molar-refractivity contribution >= 4 is 28.8 Å². The number of para-hydroxylation sites is 1. The van der Waals surface area contributed by atoms with Crippen molar-refractivity contribution in [3.63, 3.8) is 0 Å². The normalized spacial score (nSPS) is 19.0. The molecule has 1 amide bonds. The Morgan fingerprint density at radius 3 is 2.24 bits per heavy atom. The highest BCUT2D eigenvalue weighted by molar-refractivity contribution is 6.30. The van der Waals surface area contributed by atoms with Gasteiger partial charge < -0.3 is 14.9 Å². The number of aliphatic hydroxyl groups is 1. The molecule has 0 spiro atoms. The Bertz CT molecular complexity index is 1230. The maximum Gasteiger partial charge on any atom is 0.258 e. The minimum Gasteiger partial charge on any atom is -0.385 e. The summed E-state index contributed by atoms with van der Waals surface area (Å²) in [5.74, 6) is 0.0176. The number of hydrogen-bond acceptors (Lipinski definition) is 3. The van der Waals surface area contributed by atoms with E-state index in [1.54, 1.807) is 4.90 Å². The molecule has 1 N–H and O–H groups in total. The first-order valence-corrected chi connectivity index (χ1v) is 12.2. The Balaban J connectivity index is 1.33. The molecule has 1 saturated heterocycles. The third kappa shape index (κ3) is 4.29. The number of fused-ring (bicyclic) bond motifs is 2. The van der Waals surface area contributed by atoms with Crippen molar-refractivity contribution in [1.82, 2.24) is 4.90 Å². The van der Waals surface area contributed by atoms with Gasteiger partial charge in [0.05, 0.1) is 11.3 Å². The summed E-state index contributed by atoms with van der Waals surface area (Å²) in [7, 11) is 1.84. The summed E-state index contributed by atoms with van der Waals surface area (Å²) in [6.07, 6.45) is 4.55. The molecule has 2 heterocycles. The number of piperidine rings is 1. The van der Waals surface area contributed by atoms with Gasteiger partial charge in [0.1, 0.15) is 0 Å². The van der Waals surface area contributed by atoms with Gasteiger partial charge in [0.2, 0.25) is 0 Å². The second-order valence-corrected chi connectivity index (χ2v) is 9.65. The number of rotatable bonds is 4. The topological polar surface area (TPSA) is 43.8 Å². The lowest BCUT2D eigenvalue weighted by Crippen LogP contribution is -2.42. The molecule has 0 atom stereocenters. The predicted molar refractivity (Wildman–Crippen MR) is 138 cm³/mol. The molecule has 34 heavy (non-hydrogen) atoms.